The van der Waals surface area contributed by atoms with Crippen molar-refractivity contribution < 1.29 is 24.5 Å². The van der Waals surface area contributed by atoms with Crippen molar-refractivity contribution in [1.29, 1.82) is 0 Å². The number of likely N-dealkylation sites (tertiary alicyclic amines) is 1. The molecule has 0 aromatic rings. The lowest BCUT2D eigenvalue weighted by Gasteiger charge is -2.42. The minimum Gasteiger partial charge on any atom is -0.465 e. The maximum absolute atomic E-state index is 12.0. The number of aliphatic hydroxyl groups is 1. The number of aliphatic hydroxyl groups excluding tert-OH is 1. The number of amides is 2. The van der Waals surface area contributed by atoms with Crippen molar-refractivity contribution in [1.82, 2.24) is 10.2 Å². The number of nitrogens with zero attached hydrogens (tertiary/aromatic N) is 1. The van der Waals surface area contributed by atoms with Crippen molar-refractivity contribution in [2.75, 3.05) is 13.1 Å². The van der Waals surface area contributed by atoms with E-state index in [0.29, 0.717) is 38.8 Å². The third kappa shape index (κ3) is 3.82. The Kier molecular flexibility index (Phi) is 4.56. The van der Waals surface area contributed by atoms with E-state index >= 15 is 0 Å². The summed E-state index contributed by atoms with van der Waals surface area (Å²) in [5.41, 5.74) is -0.802. The van der Waals surface area contributed by atoms with E-state index in [1.807, 2.05) is 0 Å². The van der Waals surface area contributed by atoms with Crippen LogP contribution in [0.25, 0.3) is 0 Å². The van der Waals surface area contributed by atoms with Crippen LogP contribution in [0.5, 0.6) is 0 Å². The van der Waals surface area contributed by atoms with Gasteiger partial charge in [0, 0.05) is 19.1 Å². The number of rotatable bonds is 1. The second-order valence-electron chi connectivity index (χ2n) is 7.42. The Morgan fingerprint density at radius 1 is 1.27 bits per heavy atom. The van der Waals surface area contributed by atoms with Crippen LogP contribution < -0.4 is 5.32 Å². The van der Waals surface area contributed by atoms with Crippen molar-refractivity contribution in [2.45, 2.75) is 64.2 Å². The number of nitrogens with one attached hydrogen (secondary N) is 1. The second kappa shape index (κ2) is 5.95. The molecule has 1 aliphatic carbocycles. The first-order valence-corrected chi connectivity index (χ1v) is 7.77. The number of carbonyl (C=O) groups excluding carboxylic acids is 1. The summed E-state index contributed by atoms with van der Waals surface area (Å²) in [6, 6.07) is -0.173. The SMILES string of the molecule is CC(C)(C)OC(=O)NC1CC(O)CC12CCN(C(=O)O)CC2. The first-order chi connectivity index (χ1) is 10.1. The Morgan fingerprint density at radius 2 is 1.86 bits per heavy atom. The molecule has 2 atom stereocenters. The zero-order chi connectivity index (χ0) is 16.5. The topological polar surface area (TPSA) is 99.1 Å². The van der Waals surface area contributed by atoms with Gasteiger partial charge in [-0.25, -0.2) is 9.59 Å². The van der Waals surface area contributed by atoms with E-state index in [2.05, 4.69) is 5.32 Å². The number of ether oxygens (including phenoxy) is 1. The molecule has 2 unspecified atom stereocenters. The van der Waals surface area contributed by atoms with Gasteiger partial charge in [-0.3, -0.25) is 0 Å². The van der Waals surface area contributed by atoms with Crippen molar-refractivity contribution in [3.05, 3.63) is 0 Å². The van der Waals surface area contributed by atoms with Gasteiger partial charge < -0.3 is 25.2 Å². The highest BCUT2D eigenvalue weighted by Gasteiger charge is 2.49. The highest BCUT2D eigenvalue weighted by molar-refractivity contribution is 5.68. The Balaban J connectivity index is 2.01. The number of hydrogen-bond acceptors (Lipinski definition) is 4. The highest BCUT2D eigenvalue weighted by Crippen LogP contribution is 2.46. The van der Waals surface area contributed by atoms with Crippen molar-refractivity contribution >= 4 is 12.2 Å². The third-order valence-corrected chi connectivity index (χ3v) is 4.61. The molecular formula is C15H26N2O5. The molecule has 1 aliphatic heterocycles. The molecule has 0 bridgehead atoms. The van der Waals surface area contributed by atoms with E-state index in [1.165, 1.54) is 4.90 Å². The summed E-state index contributed by atoms with van der Waals surface area (Å²) in [4.78, 5) is 24.4. The van der Waals surface area contributed by atoms with Crippen molar-refractivity contribution in [3.8, 4) is 0 Å². The Bertz CT molecular complexity index is 438. The fourth-order valence-corrected chi connectivity index (χ4v) is 3.57. The molecule has 126 valence electrons. The van der Waals surface area contributed by atoms with Gasteiger partial charge in [0.25, 0.3) is 0 Å². The van der Waals surface area contributed by atoms with Gasteiger partial charge in [-0.2, -0.15) is 0 Å². The van der Waals surface area contributed by atoms with E-state index in [9.17, 15) is 14.7 Å². The summed E-state index contributed by atoms with van der Waals surface area (Å²) in [5, 5.41) is 21.9. The third-order valence-electron chi connectivity index (χ3n) is 4.61. The normalized spacial score (nSPS) is 27.7. The summed E-state index contributed by atoms with van der Waals surface area (Å²) >= 11 is 0. The van der Waals surface area contributed by atoms with Gasteiger partial charge in [0.2, 0.25) is 0 Å². The second-order valence-corrected chi connectivity index (χ2v) is 7.42. The fourth-order valence-electron chi connectivity index (χ4n) is 3.57. The smallest absolute Gasteiger partial charge is 0.407 e. The summed E-state index contributed by atoms with van der Waals surface area (Å²) in [6.07, 6.45) is 0.536. The summed E-state index contributed by atoms with van der Waals surface area (Å²) in [6.45, 7) is 6.29. The van der Waals surface area contributed by atoms with Crippen LogP contribution >= 0.6 is 0 Å². The molecule has 2 rings (SSSR count). The summed E-state index contributed by atoms with van der Waals surface area (Å²) < 4.78 is 5.29. The van der Waals surface area contributed by atoms with Gasteiger partial charge >= 0.3 is 12.2 Å². The summed E-state index contributed by atoms with van der Waals surface area (Å²) in [5.74, 6) is 0. The number of carboxylic acid groups (broad SMARTS) is 1. The van der Waals surface area contributed by atoms with Gasteiger partial charge in [0.1, 0.15) is 5.60 Å². The average molecular weight is 314 g/mol. The van der Waals surface area contributed by atoms with Crippen molar-refractivity contribution in [3.63, 3.8) is 0 Å². The molecule has 1 heterocycles. The molecule has 0 aromatic carbocycles. The van der Waals surface area contributed by atoms with E-state index in [0.717, 1.165) is 0 Å². The number of hydrogen-bond donors (Lipinski definition) is 3. The van der Waals surface area contributed by atoms with E-state index < -0.39 is 23.9 Å². The Hall–Kier alpha value is -1.50. The van der Waals surface area contributed by atoms with E-state index in [4.69, 9.17) is 9.84 Å². The van der Waals surface area contributed by atoms with Gasteiger partial charge in [0.05, 0.1) is 6.10 Å². The number of alkyl carbamates (subject to hydrolysis) is 1. The molecule has 2 amide bonds. The first-order valence-electron chi connectivity index (χ1n) is 7.77. The molecule has 2 fully saturated rings. The minimum absolute atomic E-state index is 0.173. The lowest BCUT2D eigenvalue weighted by Crippen LogP contribution is -2.51. The maximum atomic E-state index is 12.0. The summed E-state index contributed by atoms with van der Waals surface area (Å²) in [7, 11) is 0. The molecule has 2 aliphatic rings. The van der Waals surface area contributed by atoms with Crippen LogP contribution in [0, 0.1) is 5.41 Å². The van der Waals surface area contributed by atoms with Gasteiger partial charge in [-0.05, 0) is 51.9 Å². The Morgan fingerprint density at radius 3 is 2.36 bits per heavy atom. The molecule has 7 heteroatoms. The lowest BCUT2D eigenvalue weighted by molar-refractivity contribution is 0.0369. The number of carbonyl (C=O) groups is 2. The predicted octanol–water partition coefficient (Wildman–Crippen LogP) is 1.79. The van der Waals surface area contributed by atoms with Gasteiger partial charge in [-0.1, -0.05) is 0 Å². The molecule has 0 radical (unpaired) electrons. The Labute approximate surface area is 130 Å². The molecule has 0 aromatic heterocycles. The molecule has 1 spiro atoms. The van der Waals surface area contributed by atoms with E-state index in [1.54, 1.807) is 20.8 Å². The van der Waals surface area contributed by atoms with Crippen LogP contribution in [-0.2, 0) is 4.74 Å². The quantitative estimate of drug-likeness (QED) is 0.685. The van der Waals surface area contributed by atoms with Gasteiger partial charge in [0.15, 0.2) is 0 Å². The van der Waals surface area contributed by atoms with Crippen LogP contribution in [0.4, 0.5) is 9.59 Å². The monoisotopic (exact) mass is 314 g/mol. The average Bonchev–Trinajstić information content (AvgIpc) is 2.63. The maximum Gasteiger partial charge on any atom is 0.407 e. The predicted molar refractivity (Wildman–Crippen MR) is 79.7 cm³/mol. The van der Waals surface area contributed by atoms with Crippen LogP contribution in [0.3, 0.4) is 0 Å². The molecule has 22 heavy (non-hydrogen) atoms. The van der Waals surface area contributed by atoms with Crippen LogP contribution in [0.1, 0.15) is 46.5 Å². The van der Waals surface area contributed by atoms with Crippen LogP contribution in [-0.4, -0.2) is 58.1 Å². The molecular weight excluding hydrogens is 288 g/mol. The highest BCUT2D eigenvalue weighted by atomic mass is 16.6. The zero-order valence-electron chi connectivity index (χ0n) is 13.5. The standard InChI is InChI=1S/C15H26N2O5/c1-14(2,3)22-12(19)16-11-8-10(18)9-15(11)4-6-17(7-5-15)13(20)21/h10-11,18H,4-9H2,1-3H3,(H,16,19)(H,20,21). The van der Waals surface area contributed by atoms with Crippen molar-refractivity contribution in [2.24, 2.45) is 5.41 Å². The molecule has 3 N–H and O–H groups in total. The van der Waals surface area contributed by atoms with Crippen LogP contribution in [0.2, 0.25) is 0 Å². The lowest BCUT2D eigenvalue weighted by atomic mass is 9.74. The van der Waals surface area contributed by atoms with E-state index in [-0.39, 0.29) is 11.5 Å². The number of piperidine rings is 1. The zero-order valence-corrected chi connectivity index (χ0v) is 13.5. The molecule has 1 saturated carbocycles. The van der Waals surface area contributed by atoms with Gasteiger partial charge in [-0.15, -0.1) is 0 Å². The van der Waals surface area contributed by atoms with Crippen LogP contribution in [0.15, 0.2) is 0 Å². The molecule has 1 saturated heterocycles. The largest absolute Gasteiger partial charge is 0.465 e. The fraction of sp³-hybridized carbons (Fsp3) is 0.867. The minimum atomic E-state index is -0.912. The first kappa shape index (κ1) is 16.9. The molecule has 7 nitrogen and oxygen atoms in total.